The van der Waals surface area contributed by atoms with Crippen molar-refractivity contribution >= 4 is 5.97 Å². The van der Waals surface area contributed by atoms with E-state index in [-0.39, 0.29) is 5.92 Å². The minimum absolute atomic E-state index is 0.177. The van der Waals surface area contributed by atoms with Crippen LogP contribution in [0.2, 0.25) is 0 Å². The van der Waals surface area contributed by atoms with E-state index in [1.807, 2.05) is 32.0 Å². The number of carboxylic acids is 1. The Bertz CT molecular complexity index is 416. The molecule has 1 aromatic rings. The van der Waals surface area contributed by atoms with E-state index in [2.05, 4.69) is 17.0 Å². The van der Waals surface area contributed by atoms with E-state index >= 15 is 0 Å². The summed E-state index contributed by atoms with van der Waals surface area (Å²) in [6, 6.07) is 10.2. The van der Waals surface area contributed by atoms with E-state index in [0.29, 0.717) is 6.54 Å². The number of benzene rings is 1. The van der Waals surface area contributed by atoms with Crippen LogP contribution in [0.15, 0.2) is 30.3 Å². The van der Waals surface area contributed by atoms with Gasteiger partial charge in [-0.3, -0.25) is 9.69 Å². The fraction of sp³-hybridized carbons (Fsp3) is 0.533. The molecule has 1 aliphatic rings. The summed E-state index contributed by atoms with van der Waals surface area (Å²) in [5.41, 5.74) is 0.692. The molecule has 1 atom stereocenters. The monoisotopic (exact) mass is 247 g/mol. The largest absolute Gasteiger partial charge is 0.481 e. The number of hydrogen-bond donors (Lipinski definition) is 1. The van der Waals surface area contributed by atoms with Crippen LogP contribution >= 0.6 is 0 Å². The highest BCUT2D eigenvalue weighted by atomic mass is 16.4. The lowest BCUT2D eigenvalue weighted by Gasteiger charge is -2.28. The maximum Gasteiger partial charge on any atom is 0.311 e. The van der Waals surface area contributed by atoms with Gasteiger partial charge < -0.3 is 5.11 Å². The lowest BCUT2D eigenvalue weighted by molar-refractivity contribution is -0.151. The molecule has 1 aromatic carbocycles. The molecular weight excluding hydrogens is 226 g/mol. The van der Waals surface area contributed by atoms with E-state index in [4.69, 9.17) is 0 Å². The number of nitrogens with zero attached hydrogens (tertiary/aromatic N) is 1. The molecule has 3 heteroatoms. The Labute approximate surface area is 108 Å². The van der Waals surface area contributed by atoms with Crippen molar-refractivity contribution in [2.75, 3.05) is 13.1 Å². The summed E-state index contributed by atoms with van der Waals surface area (Å²) in [4.78, 5) is 13.8. The summed E-state index contributed by atoms with van der Waals surface area (Å²) < 4.78 is 0. The zero-order chi connectivity index (χ0) is 13.2. The summed E-state index contributed by atoms with van der Waals surface area (Å²) in [5, 5.41) is 9.49. The minimum atomic E-state index is -0.645. The van der Waals surface area contributed by atoms with Crippen LogP contribution in [0.3, 0.4) is 0 Å². The van der Waals surface area contributed by atoms with Gasteiger partial charge in [0, 0.05) is 13.1 Å². The molecule has 0 bridgehead atoms. The van der Waals surface area contributed by atoms with E-state index < -0.39 is 11.4 Å². The predicted molar refractivity (Wildman–Crippen MR) is 71.2 cm³/mol. The Hall–Kier alpha value is -1.35. The number of carboxylic acid groups (broad SMARTS) is 1. The molecule has 2 rings (SSSR count). The molecule has 1 heterocycles. The molecule has 0 aromatic heterocycles. The second kappa shape index (κ2) is 5.11. The predicted octanol–water partition coefficient (Wildman–Crippen LogP) is 2.62. The Morgan fingerprint density at radius 1 is 1.39 bits per heavy atom. The molecule has 98 valence electrons. The third kappa shape index (κ3) is 2.41. The third-order valence-corrected chi connectivity index (χ3v) is 4.16. The maximum atomic E-state index is 11.5. The maximum absolute atomic E-state index is 11.5. The minimum Gasteiger partial charge on any atom is -0.481 e. The van der Waals surface area contributed by atoms with Crippen molar-refractivity contribution in [2.24, 2.45) is 11.3 Å². The van der Waals surface area contributed by atoms with Gasteiger partial charge in [0.05, 0.1) is 5.41 Å². The molecule has 1 fully saturated rings. The molecule has 0 amide bonds. The van der Waals surface area contributed by atoms with Gasteiger partial charge in [-0.05, 0) is 24.4 Å². The molecule has 18 heavy (non-hydrogen) atoms. The average Bonchev–Trinajstić information content (AvgIpc) is 2.76. The standard InChI is InChI=1S/C15H21NO2/c1-12(2)15(14(17)18)8-9-16(11-15)10-13-6-4-3-5-7-13/h3-7,12H,8-11H2,1-2H3,(H,17,18). The second-order valence-corrected chi connectivity index (χ2v) is 5.56. The van der Waals surface area contributed by atoms with Gasteiger partial charge in [-0.15, -0.1) is 0 Å². The number of aliphatic carboxylic acids is 1. The lowest BCUT2D eigenvalue weighted by Crippen LogP contribution is -2.39. The first-order chi connectivity index (χ1) is 8.54. The first-order valence-corrected chi connectivity index (χ1v) is 6.54. The van der Waals surface area contributed by atoms with Crippen molar-refractivity contribution in [1.82, 2.24) is 4.90 Å². The molecule has 0 radical (unpaired) electrons. The first kappa shape index (κ1) is 13.1. The molecule has 0 saturated carbocycles. The number of hydrogen-bond acceptors (Lipinski definition) is 2. The quantitative estimate of drug-likeness (QED) is 0.889. The Kier molecular flexibility index (Phi) is 3.71. The molecule has 0 spiro atoms. The van der Waals surface area contributed by atoms with Crippen LogP contribution in [0.4, 0.5) is 0 Å². The second-order valence-electron chi connectivity index (χ2n) is 5.56. The first-order valence-electron chi connectivity index (χ1n) is 6.54. The van der Waals surface area contributed by atoms with Crippen molar-refractivity contribution in [1.29, 1.82) is 0 Å². The Morgan fingerprint density at radius 3 is 2.56 bits per heavy atom. The number of rotatable bonds is 4. The fourth-order valence-corrected chi connectivity index (χ4v) is 2.78. The van der Waals surface area contributed by atoms with Gasteiger partial charge in [0.2, 0.25) is 0 Å². The summed E-state index contributed by atoms with van der Waals surface area (Å²) >= 11 is 0. The number of carbonyl (C=O) groups is 1. The van der Waals surface area contributed by atoms with Gasteiger partial charge in [0.25, 0.3) is 0 Å². The van der Waals surface area contributed by atoms with Crippen LogP contribution in [0.25, 0.3) is 0 Å². The average molecular weight is 247 g/mol. The van der Waals surface area contributed by atoms with Crippen molar-refractivity contribution in [3.63, 3.8) is 0 Å². The smallest absolute Gasteiger partial charge is 0.311 e. The number of likely N-dealkylation sites (tertiary alicyclic amines) is 1. The highest BCUT2D eigenvalue weighted by molar-refractivity contribution is 5.75. The van der Waals surface area contributed by atoms with Crippen LogP contribution < -0.4 is 0 Å². The van der Waals surface area contributed by atoms with Gasteiger partial charge in [0.15, 0.2) is 0 Å². The molecule has 1 aliphatic heterocycles. The normalized spacial score (nSPS) is 24.6. The molecule has 1 saturated heterocycles. The van der Waals surface area contributed by atoms with Crippen LogP contribution in [-0.2, 0) is 11.3 Å². The summed E-state index contributed by atoms with van der Waals surface area (Å²) in [7, 11) is 0. The fourth-order valence-electron chi connectivity index (χ4n) is 2.78. The Balaban J connectivity index is 2.06. The Morgan fingerprint density at radius 2 is 2.06 bits per heavy atom. The summed E-state index contributed by atoms with van der Waals surface area (Å²) in [5.74, 6) is -0.469. The summed E-state index contributed by atoms with van der Waals surface area (Å²) in [6.07, 6.45) is 0.757. The molecule has 3 nitrogen and oxygen atoms in total. The lowest BCUT2D eigenvalue weighted by atomic mass is 9.76. The highest BCUT2D eigenvalue weighted by Crippen LogP contribution is 2.38. The van der Waals surface area contributed by atoms with Crippen LogP contribution in [-0.4, -0.2) is 29.1 Å². The molecule has 1 unspecified atom stereocenters. The molecular formula is C15H21NO2. The van der Waals surface area contributed by atoms with Gasteiger partial charge >= 0.3 is 5.97 Å². The van der Waals surface area contributed by atoms with Crippen molar-refractivity contribution in [3.05, 3.63) is 35.9 Å². The van der Waals surface area contributed by atoms with Gasteiger partial charge in [0.1, 0.15) is 0 Å². The van der Waals surface area contributed by atoms with Gasteiger partial charge in [-0.1, -0.05) is 44.2 Å². The van der Waals surface area contributed by atoms with E-state index in [0.717, 1.165) is 19.5 Å². The van der Waals surface area contributed by atoms with Crippen LogP contribution in [0, 0.1) is 11.3 Å². The van der Waals surface area contributed by atoms with Crippen LogP contribution in [0.1, 0.15) is 25.8 Å². The summed E-state index contributed by atoms with van der Waals surface area (Å²) in [6.45, 7) is 6.41. The van der Waals surface area contributed by atoms with Crippen molar-refractivity contribution < 1.29 is 9.90 Å². The zero-order valence-electron chi connectivity index (χ0n) is 11.1. The third-order valence-electron chi connectivity index (χ3n) is 4.16. The van der Waals surface area contributed by atoms with Crippen LogP contribution in [0.5, 0.6) is 0 Å². The van der Waals surface area contributed by atoms with E-state index in [1.165, 1.54) is 5.56 Å². The highest BCUT2D eigenvalue weighted by Gasteiger charge is 2.46. The van der Waals surface area contributed by atoms with Gasteiger partial charge in [-0.2, -0.15) is 0 Å². The van der Waals surface area contributed by atoms with E-state index in [1.54, 1.807) is 0 Å². The van der Waals surface area contributed by atoms with Crippen molar-refractivity contribution in [3.8, 4) is 0 Å². The zero-order valence-corrected chi connectivity index (χ0v) is 11.1. The van der Waals surface area contributed by atoms with Gasteiger partial charge in [-0.25, -0.2) is 0 Å². The molecule has 0 aliphatic carbocycles. The topological polar surface area (TPSA) is 40.5 Å². The van der Waals surface area contributed by atoms with E-state index in [9.17, 15) is 9.90 Å². The van der Waals surface area contributed by atoms with Crippen molar-refractivity contribution in [2.45, 2.75) is 26.8 Å². The molecule has 1 N–H and O–H groups in total. The SMILES string of the molecule is CC(C)C1(C(=O)O)CCN(Cc2ccccc2)C1.